The molecule has 0 spiro atoms. The standard InChI is InChI=1S/C12H12N6O2S/c13-21(19,20)9-3-1-8(2-4-9)5-14-11-10-12(16-6-15-10)18-7-17-11/h1-4,6-7,10H,5H2,(H2,13,19,20)(H,14,15,16,17,18). The van der Waals surface area contributed by atoms with Crippen LogP contribution in [0.1, 0.15) is 5.56 Å². The van der Waals surface area contributed by atoms with Crippen LogP contribution in [0.15, 0.2) is 49.1 Å². The monoisotopic (exact) mass is 304 g/mol. The molecule has 1 aromatic rings. The molecule has 9 heteroatoms. The third-order valence-electron chi connectivity index (χ3n) is 3.00. The summed E-state index contributed by atoms with van der Waals surface area (Å²) < 4.78 is 22.3. The Balaban J connectivity index is 1.77. The summed E-state index contributed by atoms with van der Waals surface area (Å²) in [5.74, 6) is 1.27. The molecule has 1 aromatic carbocycles. The van der Waals surface area contributed by atoms with Gasteiger partial charge in [0, 0.05) is 0 Å². The number of primary sulfonamides is 1. The minimum absolute atomic E-state index is 0.0774. The largest absolute Gasteiger partial charge is 0.332 e. The zero-order chi connectivity index (χ0) is 14.9. The van der Waals surface area contributed by atoms with Crippen LogP contribution in [0.5, 0.6) is 0 Å². The van der Waals surface area contributed by atoms with Crippen LogP contribution in [-0.2, 0) is 16.6 Å². The number of fused-ring (bicyclic) bond motifs is 1. The molecule has 0 radical (unpaired) electrons. The van der Waals surface area contributed by atoms with Crippen LogP contribution in [0.4, 0.5) is 0 Å². The Kier molecular flexibility index (Phi) is 3.35. The maximum atomic E-state index is 11.2. The zero-order valence-electron chi connectivity index (χ0n) is 10.8. The van der Waals surface area contributed by atoms with Crippen LogP contribution < -0.4 is 10.5 Å². The van der Waals surface area contributed by atoms with Crippen molar-refractivity contribution in [3.63, 3.8) is 0 Å². The number of amidine groups is 2. The van der Waals surface area contributed by atoms with Crippen molar-refractivity contribution in [2.75, 3.05) is 0 Å². The van der Waals surface area contributed by atoms with E-state index in [1.54, 1.807) is 12.1 Å². The highest BCUT2D eigenvalue weighted by Crippen LogP contribution is 2.12. The van der Waals surface area contributed by atoms with Crippen LogP contribution >= 0.6 is 0 Å². The van der Waals surface area contributed by atoms with E-state index in [1.807, 2.05) is 0 Å². The first-order chi connectivity index (χ1) is 10.0. The van der Waals surface area contributed by atoms with Crippen molar-refractivity contribution in [1.29, 1.82) is 0 Å². The normalized spacial score (nSPS) is 22.0. The molecule has 8 nitrogen and oxygen atoms in total. The van der Waals surface area contributed by atoms with Gasteiger partial charge in [-0.25, -0.2) is 23.5 Å². The second kappa shape index (κ2) is 5.19. The van der Waals surface area contributed by atoms with Gasteiger partial charge in [0.25, 0.3) is 0 Å². The lowest BCUT2D eigenvalue weighted by Crippen LogP contribution is -2.40. The molecule has 2 heterocycles. The third kappa shape index (κ3) is 2.88. The molecule has 3 N–H and O–H groups in total. The van der Waals surface area contributed by atoms with Crippen molar-refractivity contribution in [3.8, 4) is 0 Å². The maximum Gasteiger partial charge on any atom is 0.238 e. The summed E-state index contributed by atoms with van der Waals surface area (Å²) in [7, 11) is -3.67. The van der Waals surface area contributed by atoms with Crippen LogP contribution in [0.3, 0.4) is 0 Å². The second-order valence-corrected chi connectivity index (χ2v) is 6.01. The van der Waals surface area contributed by atoms with E-state index in [4.69, 9.17) is 5.14 Å². The van der Waals surface area contributed by atoms with Crippen LogP contribution in [0, 0.1) is 0 Å². The number of aliphatic imine (C=N–C) groups is 4. The van der Waals surface area contributed by atoms with Crippen molar-refractivity contribution in [1.82, 2.24) is 5.32 Å². The SMILES string of the molecule is NS(=O)(=O)c1ccc(CN=C2N=CNC3=NC=NC23)cc1. The van der Waals surface area contributed by atoms with Crippen LogP contribution in [0.25, 0.3) is 0 Å². The van der Waals surface area contributed by atoms with Crippen LogP contribution in [-0.4, -0.2) is 38.8 Å². The summed E-state index contributed by atoms with van der Waals surface area (Å²) in [6, 6.07) is 5.97. The van der Waals surface area contributed by atoms with Gasteiger partial charge >= 0.3 is 0 Å². The van der Waals surface area contributed by atoms with Gasteiger partial charge < -0.3 is 5.32 Å². The number of rotatable bonds is 3. The fourth-order valence-corrected chi connectivity index (χ4v) is 2.44. The Bertz CT molecular complexity index is 776. The van der Waals surface area contributed by atoms with Crippen molar-refractivity contribution in [2.45, 2.75) is 17.5 Å². The molecule has 108 valence electrons. The highest BCUT2D eigenvalue weighted by molar-refractivity contribution is 7.89. The highest BCUT2D eigenvalue weighted by atomic mass is 32.2. The van der Waals surface area contributed by atoms with Gasteiger partial charge in [0.15, 0.2) is 11.9 Å². The molecule has 1 unspecified atom stereocenters. The highest BCUT2D eigenvalue weighted by Gasteiger charge is 2.26. The van der Waals surface area contributed by atoms with Crippen molar-refractivity contribution in [2.24, 2.45) is 25.1 Å². The average Bonchev–Trinajstić information content (AvgIpc) is 2.93. The number of nitrogens with one attached hydrogen (secondary N) is 1. The Morgan fingerprint density at radius 2 is 2.05 bits per heavy atom. The van der Waals surface area contributed by atoms with Gasteiger partial charge in [0.05, 0.1) is 17.8 Å². The molecule has 2 aliphatic rings. The second-order valence-electron chi connectivity index (χ2n) is 4.45. The summed E-state index contributed by atoms with van der Waals surface area (Å²) in [5, 5.41) is 7.95. The Hall–Kier alpha value is -2.39. The molecule has 0 aliphatic carbocycles. The lowest BCUT2D eigenvalue weighted by atomic mass is 10.2. The summed E-state index contributed by atoms with van der Waals surface area (Å²) in [6.07, 6.45) is 2.99. The minimum Gasteiger partial charge on any atom is -0.332 e. The fourth-order valence-electron chi connectivity index (χ4n) is 1.93. The molecular formula is C12H12N6O2S. The van der Waals surface area contributed by atoms with Gasteiger partial charge in [-0.2, -0.15) is 0 Å². The van der Waals surface area contributed by atoms with Gasteiger partial charge in [0.2, 0.25) is 10.0 Å². The van der Waals surface area contributed by atoms with Crippen molar-refractivity contribution in [3.05, 3.63) is 29.8 Å². The first-order valence-electron chi connectivity index (χ1n) is 6.08. The van der Waals surface area contributed by atoms with Gasteiger partial charge in [-0.3, -0.25) is 9.98 Å². The Morgan fingerprint density at radius 1 is 1.29 bits per heavy atom. The number of benzene rings is 1. The van der Waals surface area contributed by atoms with Gasteiger partial charge in [-0.05, 0) is 17.7 Å². The number of hydrogen-bond donors (Lipinski definition) is 2. The van der Waals surface area contributed by atoms with Crippen molar-refractivity contribution >= 4 is 34.4 Å². The smallest absolute Gasteiger partial charge is 0.238 e. The predicted octanol–water partition coefficient (Wildman–Crippen LogP) is -0.327. The van der Waals surface area contributed by atoms with Gasteiger partial charge in [0.1, 0.15) is 12.2 Å². The Morgan fingerprint density at radius 3 is 2.76 bits per heavy atom. The topological polar surface area (TPSA) is 122 Å². The Labute approximate surface area is 121 Å². The molecule has 0 amide bonds. The quantitative estimate of drug-likeness (QED) is 0.795. The maximum absolute atomic E-state index is 11.2. The van der Waals surface area contributed by atoms with Crippen molar-refractivity contribution < 1.29 is 8.42 Å². The van der Waals surface area contributed by atoms with Gasteiger partial charge in [-0.15, -0.1) is 0 Å². The molecule has 2 aliphatic heterocycles. The van der Waals surface area contributed by atoms with E-state index in [0.29, 0.717) is 18.2 Å². The van der Waals surface area contributed by atoms with E-state index in [-0.39, 0.29) is 10.9 Å². The summed E-state index contributed by atoms with van der Waals surface area (Å²) in [5.41, 5.74) is 0.851. The number of nitrogens with zero attached hydrogens (tertiary/aromatic N) is 4. The molecule has 0 saturated heterocycles. The number of hydrogen-bond acceptors (Lipinski definition) is 6. The first-order valence-corrected chi connectivity index (χ1v) is 7.63. The molecular weight excluding hydrogens is 292 g/mol. The molecule has 21 heavy (non-hydrogen) atoms. The summed E-state index contributed by atoms with van der Waals surface area (Å²) >= 11 is 0. The molecule has 0 bridgehead atoms. The van der Waals surface area contributed by atoms with E-state index in [9.17, 15) is 8.42 Å². The molecule has 0 fully saturated rings. The van der Waals surface area contributed by atoms with E-state index in [2.05, 4.69) is 25.3 Å². The van der Waals surface area contributed by atoms with E-state index in [1.165, 1.54) is 24.8 Å². The average molecular weight is 304 g/mol. The molecule has 3 rings (SSSR count). The fraction of sp³-hybridized carbons (Fsp3) is 0.167. The predicted molar refractivity (Wildman–Crippen MR) is 80.3 cm³/mol. The molecule has 0 saturated carbocycles. The molecule has 1 atom stereocenters. The zero-order valence-corrected chi connectivity index (χ0v) is 11.7. The first kappa shape index (κ1) is 13.6. The van der Waals surface area contributed by atoms with E-state index in [0.717, 1.165) is 5.56 Å². The molecule has 0 aromatic heterocycles. The van der Waals surface area contributed by atoms with E-state index >= 15 is 0 Å². The van der Waals surface area contributed by atoms with Gasteiger partial charge in [-0.1, -0.05) is 12.1 Å². The number of sulfonamides is 1. The lowest BCUT2D eigenvalue weighted by molar-refractivity contribution is 0.598. The van der Waals surface area contributed by atoms with Crippen LogP contribution in [0.2, 0.25) is 0 Å². The number of nitrogens with two attached hydrogens (primary N) is 1. The third-order valence-corrected chi connectivity index (χ3v) is 3.93. The summed E-state index contributed by atoms with van der Waals surface area (Å²) in [4.78, 5) is 16.8. The summed E-state index contributed by atoms with van der Waals surface area (Å²) in [6.45, 7) is 0.372. The van der Waals surface area contributed by atoms with E-state index < -0.39 is 10.0 Å². The minimum atomic E-state index is -3.67. The lowest BCUT2D eigenvalue weighted by Gasteiger charge is -2.14.